The zero-order valence-corrected chi connectivity index (χ0v) is 31.3. The Hall–Kier alpha value is -1.23. The fraction of sp³-hybridized carbons (Fsp3) is 0.821. The first kappa shape index (κ1) is 43.8. The summed E-state index contributed by atoms with van der Waals surface area (Å²) in [6.45, 7) is 5.19. The molecule has 0 aliphatic heterocycles. The third-order valence-corrected chi connectivity index (χ3v) is 16.5. The number of benzene rings is 1. The van der Waals surface area contributed by atoms with Crippen molar-refractivity contribution in [1.29, 1.82) is 0 Å². The van der Waals surface area contributed by atoms with Crippen molar-refractivity contribution < 1.29 is 31.3 Å². The molecule has 0 spiro atoms. The molecule has 1 aromatic carbocycles. The minimum atomic E-state index is -3.50. The van der Waals surface area contributed by atoms with Crippen molar-refractivity contribution in [2.75, 3.05) is 24.6 Å². The molecule has 0 N–H and O–H groups in total. The molecule has 0 heterocycles. The Labute approximate surface area is 284 Å². The molecule has 0 saturated carbocycles. The Morgan fingerprint density at radius 2 is 0.638 bits per heavy atom. The number of halogens is 5. The van der Waals surface area contributed by atoms with Gasteiger partial charge >= 0.3 is 285 Å². The van der Waals surface area contributed by atoms with Crippen molar-refractivity contribution >= 4 is 12.8 Å². The summed E-state index contributed by atoms with van der Waals surface area (Å²) < 4.78 is 79.3. The molecule has 0 unspecified atom stereocenters. The van der Waals surface area contributed by atoms with E-state index in [1.807, 2.05) is 0 Å². The molecule has 8 heteroatoms. The van der Waals surface area contributed by atoms with Crippen LogP contribution in [0.15, 0.2) is 0 Å². The molecule has 0 aliphatic rings. The first-order chi connectivity index (χ1) is 22.6. The van der Waals surface area contributed by atoms with Gasteiger partial charge in [-0.2, -0.15) is 0 Å². The van der Waals surface area contributed by atoms with Gasteiger partial charge in [0, 0.05) is 0 Å². The van der Waals surface area contributed by atoms with E-state index in [-0.39, 0.29) is 0 Å². The second kappa shape index (κ2) is 24.8. The normalized spacial score (nSPS) is 12.7. The molecular formula is C39H68F5O2P. The van der Waals surface area contributed by atoms with E-state index in [1.165, 1.54) is 0 Å². The van der Waals surface area contributed by atoms with Crippen LogP contribution in [-0.4, -0.2) is 30.6 Å². The Morgan fingerprint density at radius 3 is 0.915 bits per heavy atom. The summed E-state index contributed by atoms with van der Waals surface area (Å²) in [6, 6.07) is 0. The molecule has 0 fully saturated rings. The fourth-order valence-corrected chi connectivity index (χ4v) is 13.4. The van der Waals surface area contributed by atoms with Crippen molar-refractivity contribution in [1.82, 2.24) is 0 Å². The van der Waals surface area contributed by atoms with Crippen LogP contribution in [0.25, 0.3) is 0 Å². The molecule has 0 atom stereocenters. The molecule has 276 valence electrons. The first-order valence-electron chi connectivity index (χ1n) is 19.4. The standard InChI is InChI=1S/C39H68F5O2P/c1-5-9-13-17-21-25-29-47(30-26-22-18-14-10-6-2,31-27-23-19-15-11-7-3,32-28-24-20-16-12-8-4)46-39(45)33-34(40)36(42)38(44)37(43)35(33)41/h5-32H2,1-4H3. The summed E-state index contributed by atoms with van der Waals surface area (Å²) in [6.07, 6.45) is 27.9. The van der Waals surface area contributed by atoms with Crippen LogP contribution in [0.5, 0.6) is 0 Å². The maximum absolute atomic E-state index is 15.0. The maximum atomic E-state index is 15.0. The van der Waals surface area contributed by atoms with Gasteiger partial charge in [0.1, 0.15) is 0 Å². The van der Waals surface area contributed by atoms with E-state index in [1.54, 1.807) is 0 Å². The SMILES string of the molecule is CCCCCCCCP(CCCCCCCC)(CCCCCCCC)(CCCCCCCC)OC(=O)c1c(F)c(F)c(F)c(F)c1F. The molecule has 0 aliphatic carbocycles. The molecule has 0 saturated heterocycles. The molecular weight excluding hydrogens is 626 g/mol. The summed E-state index contributed by atoms with van der Waals surface area (Å²) in [5, 5.41) is 0. The Balaban J connectivity index is 3.60. The predicted octanol–water partition coefficient (Wildman–Crippen LogP) is 14.4. The second-order valence-corrected chi connectivity index (χ2v) is 19.8. The number of hydrogen-bond donors (Lipinski definition) is 0. The molecule has 47 heavy (non-hydrogen) atoms. The van der Waals surface area contributed by atoms with E-state index in [4.69, 9.17) is 4.52 Å². The van der Waals surface area contributed by atoms with Gasteiger partial charge in [-0.3, -0.25) is 0 Å². The Bertz CT molecular complexity index is 898. The molecule has 0 bridgehead atoms. The van der Waals surface area contributed by atoms with Gasteiger partial charge in [-0.25, -0.2) is 0 Å². The van der Waals surface area contributed by atoms with Gasteiger partial charge in [-0.05, 0) is 0 Å². The van der Waals surface area contributed by atoms with Crippen LogP contribution in [0.1, 0.15) is 192 Å². The van der Waals surface area contributed by atoms with Crippen molar-refractivity contribution in [3.8, 4) is 0 Å². The van der Waals surface area contributed by atoms with Gasteiger partial charge in [-0.15, -0.1) is 0 Å². The van der Waals surface area contributed by atoms with E-state index >= 15 is 8.78 Å². The summed E-state index contributed by atoms with van der Waals surface area (Å²) in [5.41, 5.74) is -1.44. The van der Waals surface area contributed by atoms with E-state index in [0.29, 0.717) is 24.6 Å². The number of rotatable bonds is 30. The number of hydrogen-bond acceptors (Lipinski definition) is 2. The molecule has 1 rings (SSSR count). The van der Waals surface area contributed by atoms with Crippen molar-refractivity contribution in [3.05, 3.63) is 34.6 Å². The van der Waals surface area contributed by atoms with Crippen molar-refractivity contribution in [3.63, 3.8) is 0 Å². The minimum absolute atomic E-state index is 0.664. The molecule has 0 amide bonds. The summed E-state index contributed by atoms with van der Waals surface area (Å²) in [5.74, 6) is -12.0. The predicted molar refractivity (Wildman–Crippen MR) is 192 cm³/mol. The van der Waals surface area contributed by atoms with Crippen molar-refractivity contribution in [2.24, 2.45) is 0 Å². The zero-order valence-electron chi connectivity index (χ0n) is 30.5. The molecule has 0 aromatic heterocycles. The molecule has 2 nitrogen and oxygen atoms in total. The topological polar surface area (TPSA) is 26.3 Å². The first-order valence-corrected chi connectivity index (χ1v) is 22.3. The number of unbranched alkanes of at least 4 members (excludes halogenated alkanes) is 20. The average molecular weight is 695 g/mol. The second-order valence-electron chi connectivity index (χ2n) is 14.1. The van der Waals surface area contributed by atoms with Gasteiger partial charge in [0.25, 0.3) is 0 Å². The van der Waals surface area contributed by atoms with Gasteiger partial charge in [0.2, 0.25) is 0 Å². The van der Waals surface area contributed by atoms with Crippen LogP contribution in [0.4, 0.5) is 22.0 Å². The third kappa shape index (κ3) is 15.5. The average Bonchev–Trinajstić information content (AvgIpc) is 3.06. The number of carbonyl (C=O) groups excluding carboxylic acids is 1. The van der Waals surface area contributed by atoms with Crippen LogP contribution in [0, 0.1) is 29.1 Å². The van der Waals surface area contributed by atoms with Gasteiger partial charge in [0.05, 0.1) is 0 Å². The van der Waals surface area contributed by atoms with Crippen LogP contribution in [-0.2, 0) is 4.52 Å². The molecule has 0 radical (unpaired) electrons. The van der Waals surface area contributed by atoms with Gasteiger partial charge < -0.3 is 0 Å². The number of carbonyl (C=O) groups is 1. The van der Waals surface area contributed by atoms with Crippen LogP contribution < -0.4 is 0 Å². The van der Waals surface area contributed by atoms with Crippen LogP contribution in [0.3, 0.4) is 0 Å². The van der Waals surface area contributed by atoms with Crippen molar-refractivity contribution in [2.45, 2.75) is 182 Å². The summed E-state index contributed by atoms with van der Waals surface area (Å²) in [4.78, 5) is 13.9. The third-order valence-electron chi connectivity index (χ3n) is 10.1. The summed E-state index contributed by atoms with van der Waals surface area (Å²) in [7, 11) is 0. The zero-order chi connectivity index (χ0) is 35.0. The van der Waals surface area contributed by atoms with Crippen LogP contribution in [0.2, 0.25) is 0 Å². The van der Waals surface area contributed by atoms with Gasteiger partial charge in [-0.1, -0.05) is 0 Å². The fourth-order valence-electron chi connectivity index (χ4n) is 7.09. The van der Waals surface area contributed by atoms with E-state index in [9.17, 15) is 18.0 Å². The molecule has 1 aromatic rings. The monoisotopic (exact) mass is 694 g/mol. The van der Waals surface area contributed by atoms with Gasteiger partial charge in [0.15, 0.2) is 0 Å². The quantitative estimate of drug-likeness (QED) is 0.0263. The van der Waals surface area contributed by atoms with E-state index in [0.717, 1.165) is 154 Å². The Morgan fingerprint density at radius 1 is 0.404 bits per heavy atom. The van der Waals surface area contributed by atoms with E-state index < -0.39 is 47.4 Å². The van der Waals surface area contributed by atoms with Crippen LogP contribution >= 0.6 is 6.83 Å². The van der Waals surface area contributed by atoms with E-state index in [2.05, 4.69) is 27.7 Å². The Kier molecular flexibility index (Phi) is 23.1. The summed E-state index contributed by atoms with van der Waals surface area (Å²) >= 11 is 0.